The fraction of sp³-hybridized carbons (Fsp3) is 0.625. The van der Waals surface area contributed by atoms with E-state index >= 15 is 0 Å². The molecule has 3 heteroatoms. The van der Waals surface area contributed by atoms with Gasteiger partial charge in [0.2, 0.25) is 0 Å². The number of hydrogen-bond donors (Lipinski definition) is 1. The van der Waals surface area contributed by atoms with Crippen molar-refractivity contribution in [2.75, 3.05) is 37.7 Å². The molecule has 2 rings (SSSR count). The number of nitrogens with zero attached hydrogens (tertiary/aromatic N) is 1. The first-order valence-electron chi connectivity index (χ1n) is 7.36. The fourth-order valence-electron chi connectivity index (χ4n) is 2.42. The summed E-state index contributed by atoms with van der Waals surface area (Å²) >= 11 is 0. The van der Waals surface area contributed by atoms with Crippen LogP contribution in [0.15, 0.2) is 18.2 Å². The zero-order valence-corrected chi connectivity index (χ0v) is 12.4. The Morgan fingerprint density at radius 2 is 2.11 bits per heavy atom. The van der Waals surface area contributed by atoms with Crippen LogP contribution in [0.2, 0.25) is 0 Å². The standard InChI is InChI=1S/C16H26N2O/c1-13(2)12-19-15-5-6-16(14(3)11-15)18-9-4-7-17-8-10-18/h5-6,11,13,17H,4,7-10,12H2,1-3H3. The van der Waals surface area contributed by atoms with Crippen molar-refractivity contribution in [3.63, 3.8) is 0 Å². The lowest BCUT2D eigenvalue weighted by atomic mass is 10.1. The van der Waals surface area contributed by atoms with E-state index in [1.54, 1.807) is 0 Å². The van der Waals surface area contributed by atoms with Crippen molar-refractivity contribution in [2.24, 2.45) is 5.92 Å². The average molecular weight is 262 g/mol. The number of nitrogens with one attached hydrogen (secondary N) is 1. The molecule has 1 aliphatic heterocycles. The van der Waals surface area contributed by atoms with Gasteiger partial charge in [-0.05, 0) is 49.6 Å². The minimum Gasteiger partial charge on any atom is -0.493 e. The van der Waals surface area contributed by atoms with Gasteiger partial charge in [0.25, 0.3) is 0 Å². The third-order valence-corrected chi connectivity index (χ3v) is 3.43. The van der Waals surface area contributed by atoms with Crippen LogP contribution in [0, 0.1) is 12.8 Å². The van der Waals surface area contributed by atoms with Crippen molar-refractivity contribution in [1.29, 1.82) is 0 Å². The van der Waals surface area contributed by atoms with Gasteiger partial charge in [0.1, 0.15) is 5.75 Å². The van der Waals surface area contributed by atoms with E-state index < -0.39 is 0 Å². The van der Waals surface area contributed by atoms with E-state index in [1.807, 2.05) is 0 Å². The average Bonchev–Trinajstić information content (AvgIpc) is 2.65. The number of hydrogen-bond acceptors (Lipinski definition) is 3. The van der Waals surface area contributed by atoms with E-state index in [4.69, 9.17) is 4.74 Å². The van der Waals surface area contributed by atoms with E-state index in [0.29, 0.717) is 5.92 Å². The SMILES string of the molecule is Cc1cc(OCC(C)C)ccc1N1CCCNCC1. The number of rotatable bonds is 4. The Kier molecular flexibility index (Phi) is 5.08. The lowest BCUT2D eigenvalue weighted by Gasteiger charge is -2.24. The van der Waals surface area contributed by atoms with Crippen molar-refractivity contribution < 1.29 is 4.74 Å². The molecule has 3 nitrogen and oxygen atoms in total. The predicted molar refractivity (Wildman–Crippen MR) is 81.2 cm³/mol. The molecule has 19 heavy (non-hydrogen) atoms. The molecule has 1 N–H and O–H groups in total. The molecule has 0 bridgehead atoms. The van der Waals surface area contributed by atoms with Crippen LogP contribution in [0.5, 0.6) is 5.75 Å². The van der Waals surface area contributed by atoms with Crippen molar-refractivity contribution in [1.82, 2.24) is 5.32 Å². The maximum atomic E-state index is 5.78. The quantitative estimate of drug-likeness (QED) is 0.903. The van der Waals surface area contributed by atoms with Gasteiger partial charge in [-0.15, -0.1) is 0 Å². The van der Waals surface area contributed by atoms with Gasteiger partial charge in [-0.1, -0.05) is 13.8 Å². The summed E-state index contributed by atoms with van der Waals surface area (Å²) in [6.45, 7) is 11.7. The Bertz CT molecular complexity index is 396. The van der Waals surface area contributed by atoms with Crippen molar-refractivity contribution >= 4 is 5.69 Å². The van der Waals surface area contributed by atoms with E-state index in [1.165, 1.54) is 17.7 Å². The predicted octanol–water partition coefficient (Wildman–Crippen LogP) is 2.83. The summed E-state index contributed by atoms with van der Waals surface area (Å²) < 4.78 is 5.78. The van der Waals surface area contributed by atoms with Crippen LogP contribution in [-0.2, 0) is 0 Å². The lowest BCUT2D eigenvalue weighted by Crippen LogP contribution is -2.28. The van der Waals surface area contributed by atoms with Crippen LogP contribution in [0.4, 0.5) is 5.69 Å². The number of ether oxygens (including phenoxy) is 1. The van der Waals surface area contributed by atoms with Gasteiger partial charge in [0.15, 0.2) is 0 Å². The molecule has 0 radical (unpaired) electrons. The van der Waals surface area contributed by atoms with Gasteiger partial charge in [-0.2, -0.15) is 0 Å². The molecule has 0 aromatic heterocycles. The Balaban J connectivity index is 2.05. The first kappa shape index (κ1) is 14.2. The van der Waals surface area contributed by atoms with Crippen LogP contribution in [0.1, 0.15) is 25.8 Å². The lowest BCUT2D eigenvalue weighted by molar-refractivity contribution is 0.271. The van der Waals surface area contributed by atoms with Gasteiger partial charge in [0, 0.05) is 25.3 Å². The molecule has 1 aliphatic rings. The largest absolute Gasteiger partial charge is 0.493 e. The van der Waals surface area contributed by atoms with E-state index in [-0.39, 0.29) is 0 Å². The second kappa shape index (κ2) is 6.80. The molecule has 0 atom stereocenters. The number of benzene rings is 1. The van der Waals surface area contributed by atoms with Gasteiger partial charge < -0.3 is 15.0 Å². The topological polar surface area (TPSA) is 24.5 Å². The third-order valence-electron chi connectivity index (χ3n) is 3.43. The van der Waals surface area contributed by atoms with Gasteiger partial charge in [0.05, 0.1) is 6.61 Å². The minimum absolute atomic E-state index is 0.566. The molecule has 0 spiro atoms. The molecule has 1 fully saturated rings. The molecule has 1 aromatic carbocycles. The fourth-order valence-corrected chi connectivity index (χ4v) is 2.42. The first-order valence-corrected chi connectivity index (χ1v) is 7.36. The monoisotopic (exact) mass is 262 g/mol. The Hall–Kier alpha value is -1.22. The molecule has 1 saturated heterocycles. The van der Waals surface area contributed by atoms with Gasteiger partial charge in [-0.25, -0.2) is 0 Å². The molecule has 106 valence electrons. The first-order chi connectivity index (χ1) is 9.16. The third kappa shape index (κ3) is 4.13. The summed E-state index contributed by atoms with van der Waals surface area (Å²) in [5, 5.41) is 3.44. The Labute approximate surface area is 116 Å². The highest BCUT2D eigenvalue weighted by Gasteiger charge is 2.12. The van der Waals surface area contributed by atoms with Crippen LogP contribution in [-0.4, -0.2) is 32.8 Å². The maximum Gasteiger partial charge on any atom is 0.119 e. The highest BCUT2D eigenvalue weighted by atomic mass is 16.5. The van der Waals surface area contributed by atoms with Gasteiger partial charge >= 0.3 is 0 Å². The molecule has 0 saturated carbocycles. The molecule has 1 heterocycles. The highest BCUT2D eigenvalue weighted by Crippen LogP contribution is 2.25. The zero-order valence-electron chi connectivity index (χ0n) is 12.4. The molecule has 0 aliphatic carbocycles. The Morgan fingerprint density at radius 1 is 1.26 bits per heavy atom. The molecular formula is C16H26N2O. The molecular weight excluding hydrogens is 236 g/mol. The van der Waals surface area contributed by atoms with Crippen LogP contribution in [0.3, 0.4) is 0 Å². The number of aryl methyl sites for hydroxylation is 1. The summed E-state index contributed by atoms with van der Waals surface area (Å²) in [5.41, 5.74) is 2.66. The highest BCUT2D eigenvalue weighted by molar-refractivity contribution is 5.56. The zero-order chi connectivity index (χ0) is 13.7. The normalized spacial score (nSPS) is 16.5. The van der Waals surface area contributed by atoms with Crippen LogP contribution >= 0.6 is 0 Å². The minimum atomic E-state index is 0.566. The second-order valence-electron chi connectivity index (χ2n) is 5.74. The smallest absolute Gasteiger partial charge is 0.119 e. The molecule has 1 aromatic rings. The van der Waals surface area contributed by atoms with E-state index in [9.17, 15) is 0 Å². The Morgan fingerprint density at radius 3 is 2.84 bits per heavy atom. The van der Waals surface area contributed by atoms with E-state index in [0.717, 1.165) is 38.5 Å². The van der Waals surface area contributed by atoms with E-state index in [2.05, 4.69) is 49.2 Å². The summed E-state index contributed by atoms with van der Waals surface area (Å²) in [4.78, 5) is 2.47. The summed E-state index contributed by atoms with van der Waals surface area (Å²) in [5.74, 6) is 1.56. The summed E-state index contributed by atoms with van der Waals surface area (Å²) in [6, 6.07) is 6.47. The van der Waals surface area contributed by atoms with Crippen molar-refractivity contribution in [3.8, 4) is 5.75 Å². The summed E-state index contributed by atoms with van der Waals surface area (Å²) in [7, 11) is 0. The molecule has 0 unspecified atom stereocenters. The summed E-state index contributed by atoms with van der Waals surface area (Å²) in [6.07, 6.45) is 1.21. The number of anilines is 1. The van der Waals surface area contributed by atoms with Gasteiger partial charge in [-0.3, -0.25) is 0 Å². The second-order valence-corrected chi connectivity index (χ2v) is 5.74. The molecule has 0 amide bonds. The van der Waals surface area contributed by atoms with Crippen LogP contribution in [0.25, 0.3) is 0 Å². The van der Waals surface area contributed by atoms with Crippen molar-refractivity contribution in [3.05, 3.63) is 23.8 Å². The van der Waals surface area contributed by atoms with Crippen LogP contribution < -0.4 is 15.0 Å². The van der Waals surface area contributed by atoms with Crippen molar-refractivity contribution in [2.45, 2.75) is 27.2 Å². The maximum absolute atomic E-state index is 5.78.